The summed E-state index contributed by atoms with van der Waals surface area (Å²) in [6.07, 6.45) is 0. The molecule has 0 saturated carbocycles. The highest BCUT2D eigenvalue weighted by Gasteiger charge is 2.18. The van der Waals surface area contributed by atoms with Crippen LogP contribution in [0.5, 0.6) is 0 Å². The average molecular weight is 376 g/mol. The van der Waals surface area contributed by atoms with E-state index < -0.39 is 5.91 Å². The fraction of sp³-hybridized carbons (Fsp3) is 0.118. The van der Waals surface area contributed by atoms with Gasteiger partial charge in [-0.25, -0.2) is 4.68 Å². The van der Waals surface area contributed by atoms with Crippen LogP contribution in [0.1, 0.15) is 21.6 Å². The van der Waals surface area contributed by atoms with Crippen LogP contribution in [0.2, 0.25) is 10.0 Å². The molecule has 0 aliphatic carbocycles. The first kappa shape index (κ1) is 17.3. The van der Waals surface area contributed by atoms with Crippen molar-refractivity contribution in [1.29, 1.82) is 0 Å². The second-order valence-electron chi connectivity index (χ2n) is 5.52. The molecular formula is C17H15Cl2N5O. The monoisotopic (exact) mass is 375 g/mol. The molecular weight excluding hydrogens is 361 g/mol. The molecule has 0 spiro atoms. The molecule has 0 radical (unpaired) electrons. The third-order valence-corrected chi connectivity index (χ3v) is 4.17. The summed E-state index contributed by atoms with van der Waals surface area (Å²) in [5.74, 6) is -0.252. The minimum absolute atomic E-state index is 0.0633. The molecule has 3 N–H and O–H groups in total. The largest absolute Gasteiger partial charge is 0.382 e. The fourth-order valence-electron chi connectivity index (χ4n) is 2.27. The van der Waals surface area contributed by atoms with Crippen LogP contribution in [0.3, 0.4) is 0 Å². The first-order chi connectivity index (χ1) is 11.9. The number of aromatic nitrogens is 3. The van der Waals surface area contributed by atoms with Gasteiger partial charge in [-0.15, -0.1) is 5.10 Å². The van der Waals surface area contributed by atoms with Gasteiger partial charge in [0.15, 0.2) is 11.5 Å². The summed E-state index contributed by atoms with van der Waals surface area (Å²) in [6.45, 7) is 2.26. The van der Waals surface area contributed by atoms with E-state index in [1.165, 1.54) is 4.68 Å². The number of carbonyl (C=O) groups is 1. The number of amides is 1. The standard InChI is InChI=1S/C17H15Cl2N5O/c1-10-2-5-13(19)8-14(10)21-17(25)15-16(20)24(23-22-15)9-11-3-6-12(18)7-4-11/h2-8H,9,20H2,1H3,(H,21,25). The highest BCUT2D eigenvalue weighted by Crippen LogP contribution is 2.21. The number of carbonyl (C=O) groups excluding carboxylic acids is 1. The molecule has 6 nitrogen and oxygen atoms in total. The van der Waals surface area contributed by atoms with Crippen molar-refractivity contribution >= 4 is 40.6 Å². The molecule has 0 fully saturated rings. The number of anilines is 2. The topological polar surface area (TPSA) is 85.8 Å². The number of halogens is 2. The lowest BCUT2D eigenvalue weighted by atomic mass is 10.2. The number of aryl methyl sites for hydroxylation is 1. The van der Waals surface area contributed by atoms with Crippen molar-refractivity contribution in [2.24, 2.45) is 0 Å². The normalized spacial score (nSPS) is 10.7. The molecule has 0 aliphatic heterocycles. The van der Waals surface area contributed by atoms with E-state index in [0.29, 0.717) is 22.3 Å². The highest BCUT2D eigenvalue weighted by atomic mass is 35.5. The molecule has 0 bridgehead atoms. The van der Waals surface area contributed by atoms with E-state index >= 15 is 0 Å². The van der Waals surface area contributed by atoms with Crippen molar-refractivity contribution in [3.05, 3.63) is 69.3 Å². The summed E-state index contributed by atoms with van der Waals surface area (Å²) in [6, 6.07) is 12.5. The zero-order valence-corrected chi connectivity index (χ0v) is 14.8. The number of nitrogens with zero attached hydrogens (tertiary/aromatic N) is 3. The van der Waals surface area contributed by atoms with E-state index in [1.54, 1.807) is 24.3 Å². The smallest absolute Gasteiger partial charge is 0.280 e. The predicted molar refractivity (Wildman–Crippen MR) is 99.1 cm³/mol. The Morgan fingerprint density at radius 1 is 1.16 bits per heavy atom. The number of benzene rings is 2. The molecule has 0 atom stereocenters. The SMILES string of the molecule is Cc1ccc(Cl)cc1NC(=O)c1nnn(Cc2ccc(Cl)cc2)c1N. The van der Waals surface area contributed by atoms with Gasteiger partial charge in [-0.2, -0.15) is 0 Å². The number of nitrogens with one attached hydrogen (secondary N) is 1. The van der Waals surface area contributed by atoms with Crippen molar-refractivity contribution in [3.8, 4) is 0 Å². The zero-order valence-electron chi connectivity index (χ0n) is 13.3. The van der Waals surface area contributed by atoms with Gasteiger partial charge in [0.05, 0.1) is 6.54 Å². The first-order valence-electron chi connectivity index (χ1n) is 7.45. The molecule has 0 unspecified atom stereocenters. The molecule has 2 aromatic carbocycles. The van der Waals surface area contributed by atoms with E-state index in [1.807, 2.05) is 25.1 Å². The molecule has 128 valence electrons. The van der Waals surface area contributed by atoms with E-state index in [-0.39, 0.29) is 11.5 Å². The van der Waals surface area contributed by atoms with Gasteiger partial charge in [0.2, 0.25) is 0 Å². The summed E-state index contributed by atoms with van der Waals surface area (Å²) in [5.41, 5.74) is 8.52. The number of hydrogen-bond acceptors (Lipinski definition) is 4. The Morgan fingerprint density at radius 2 is 1.84 bits per heavy atom. The fourth-order valence-corrected chi connectivity index (χ4v) is 2.57. The Labute approximate surface area is 154 Å². The molecule has 1 heterocycles. The first-order valence-corrected chi connectivity index (χ1v) is 8.20. The van der Waals surface area contributed by atoms with Crippen LogP contribution in [-0.2, 0) is 6.54 Å². The van der Waals surface area contributed by atoms with Gasteiger partial charge in [-0.05, 0) is 42.3 Å². The molecule has 0 saturated heterocycles. The van der Waals surface area contributed by atoms with Crippen molar-refractivity contribution in [1.82, 2.24) is 15.0 Å². The summed E-state index contributed by atoms with van der Waals surface area (Å²) < 4.78 is 1.46. The number of hydrogen-bond donors (Lipinski definition) is 2. The van der Waals surface area contributed by atoms with Crippen LogP contribution in [-0.4, -0.2) is 20.9 Å². The quantitative estimate of drug-likeness (QED) is 0.726. The van der Waals surface area contributed by atoms with Crippen LogP contribution >= 0.6 is 23.2 Å². The van der Waals surface area contributed by atoms with Gasteiger partial charge in [0, 0.05) is 15.7 Å². The van der Waals surface area contributed by atoms with Crippen molar-refractivity contribution in [2.45, 2.75) is 13.5 Å². The Kier molecular flexibility index (Phi) is 4.92. The van der Waals surface area contributed by atoms with E-state index in [0.717, 1.165) is 11.1 Å². The third kappa shape index (κ3) is 3.92. The van der Waals surface area contributed by atoms with Crippen LogP contribution in [0.4, 0.5) is 11.5 Å². The maximum atomic E-state index is 12.4. The van der Waals surface area contributed by atoms with Crippen LogP contribution in [0.25, 0.3) is 0 Å². The second-order valence-corrected chi connectivity index (χ2v) is 6.39. The lowest BCUT2D eigenvalue weighted by Gasteiger charge is -2.08. The van der Waals surface area contributed by atoms with Gasteiger partial charge in [-0.1, -0.05) is 46.6 Å². The number of nitrogen functional groups attached to an aromatic ring is 1. The van der Waals surface area contributed by atoms with Gasteiger partial charge in [-0.3, -0.25) is 4.79 Å². The van der Waals surface area contributed by atoms with Crippen LogP contribution < -0.4 is 11.1 Å². The van der Waals surface area contributed by atoms with Crippen LogP contribution in [0, 0.1) is 6.92 Å². The van der Waals surface area contributed by atoms with Gasteiger partial charge in [0.1, 0.15) is 0 Å². The Balaban J connectivity index is 1.79. The summed E-state index contributed by atoms with van der Waals surface area (Å²) >= 11 is 11.8. The minimum Gasteiger partial charge on any atom is -0.382 e. The Morgan fingerprint density at radius 3 is 2.56 bits per heavy atom. The molecule has 1 aromatic heterocycles. The van der Waals surface area contributed by atoms with Crippen LogP contribution in [0.15, 0.2) is 42.5 Å². The second kappa shape index (κ2) is 7.13. The molecule has 3 rings (SSSR count). The van der Waals surface area contributed by atoms with E-state index in [2.05, 4.69) is 15.6 Å². The minimum atomic E-state index is -0.440. The summed E-state index contributed by atoms with van der Waals surface area (Å²) in [5, 5.41) is 11.8. The van der Waals surface area contributed by atoms with Crippen molar-refractivity contribution in [3.63, 3.8) is 0 Å². The van der Waals surface area contributed by atoms with Gasteiger partial charge in [0.25, 0.3) is 5.91 Å². The lowest BCUT2D eigenvalue weighted by Crippen LogP contribution is -2.16. The molecule has 3 aromatic rings. The predicted octanol–water partition coefficient (Wildman–Crippen LogP) is 3.78. The molecule has 8 heteroatoms. The third-order valence-electron chi connectivity index (χ3n) is 3.68. The summed E-state index contributed by atoms with van der Waals surface area (Å²) in [7, 11) is 0. The molecule has 1 amide bonds. The highest BCUT2D eigenvalue weighted by molar-refractivity contribution is 6.31. The van der Waals surface area contributed by atoms with E-state index in [9.17, 15) is 4.79 Å². The maximum absolute atomic E-state index is 12.4. The number of nitrogens with two attached hydrogens (primary N) is 1. The van der Waals surface area contributed by atoms with E-state index in [4.69, 9.17) is 28.9 Å². The van der Waals surface area contributed by atoms with Crippen molar-refractivity contribution < 1.29 is 4.79 Å². The molecule has 25 heavy (non-hydrogen) atoms. The average Bonchev–Trinajstić information content (AvgIpc) is 2.94. The number of rotatable bonds is 4. The maximum Gasteiger partial charge on any atom is 0.280 e. The zero-order chi connectivity index (χ0) is 18.0. The van der Waals surface area contributed by atoms with Gasteiger partial charge >= 0.3 is 0 Å². The Hall–Kier alpha value is -2.57. The Bertz CT molecular complexity index is 921. The van der Waals surface area contributed by atoms with Crippen molar-refractivity contribution in [2.75, 3.05) is 11.1 Å². The lowest BCUT2D eigenvalue weighted by molar-refractivity contribution is 0.102. The summed E-state index contributed by atoms with van der Waals surface area (Å²) in [4.78, 5) is 12.4. The molecule has 0 aliphatic rings. The van der Waals surface area contributed by atoms with Gasteiger partial charge < -0.3 is 11.1 Å².